The number of hydrogen-bond acceptors (Lipinski definition) is 3. The highest BCUT2D eigenvalue weighted by Gasteiger charge is 2.09. The van der Waals surface area contributed by atoms with E-state index in [4.69, 9.17) is 4.74 Å². The maximum Gasteiger partial charge on any atom is 0.149 e. The molecule has 0 aliphatic carbocycles. The van der Waals surface area contributed by atoms with Gasteiger partial charge in [0.1, 0.15) is 30.1 Å². The second-order valence-electron chi connectivity index (χ2n) is 6.76. The number of benzene rings is 3. The first kappa shape index (κ1) is 18.5. The Morgan fingerprint density at radius 1 is 1.14 bits per heavy atom. The topological polar surface area (TPSA) is 61.7 Å². The molecular weight excluding hydrogens is 365 g/mol. The summed E-state index contributed by atoms with van der Waals surface area (Å²) in [6, 6.07) is 22.1. The summed E-state index contributed by atoms with van der Waals surface area (Å²) in [4.78, 5) is 7.37. The van der Waals surface area contributed by atoms with E-state index in [0.29, 0.717) is 29.0 Å². The summed E-state index contributed by atoms with van der Waals surface area (Å²) in [5.74, 6) is 0.811. The lowest BCUT2D eigenvalue weighted by atomic mass is 10.1. The van der Waals surface area contributed by atoms with Crippen LogP contribution in [0.1, 0.15) is 22.5 Å². The Kier molecular flexibility index (Phi) is 5.08. The van der Waals surface area contributed by atoms with Crippen molar-refractivity contribution >= 4 is 22.7 Å². The molecule has 0 unspecified atom stereocenters. The molecule has 0 saturated carbocycles. The molecule has 0 radical (unpaired) electrons. The molecule has 4 rings (SSSR count). The van der Waals surface area contributed by atoms with Crippen molar-refractivity contribution in [3.8, 4) is 11.8 Å². The summed E-state index contributed by atoms with van der Waals surface area (Å²) < 4.78 is 19.2. The first-order valence-electron chi connectivity index (χ1n) is 9.16. The molecule has 142 valence electrons. The van der Waals surface area contributed by atoms with E-state index >= 15 is 0 Å². The maximum absolute atomic E-state index is 13.4. The molecule has 0 bridgehead atoms. The molecule has 5 heteroatoms. The summed E-state index contributed by atoms with van der Waals surface area (Å²) in [6.45, 7) is 2.55. The minimum atomic E-state index is -0.351. The standard InChI is InChI=1S/C24H18FN3O/c1-16-3-2-4-18(11-16)15-29-21-8-5-17(6-9-21)12-19(14-26)24-27-22-10-7-20(25)13-23(22)28-24/h2-13H,15H2,1H3,(H,27,28)/b19-12-. The molecule has 1 N–H and O–H groups in total. The van der Waals surface area contributed by atoms with Gasteiger partial charge in [-0.15, -0.1) is 0 Å². The van der Waals surface area contributed by atoms with Crippen LogP contribution in [0.3, 0.4) is 0 Å². The zero-order valence-electron chi connectivity index (χ0n) is 15.8. The monoisotopic (exact) mass is 383 g/mol. The number of hydrogen-bond donors (Lipinski definition) is 1. The Labute approximate surface area is 167 Å². The van der Waals surface area contributed by atoms with E-state index in [9.17, 15) is 9.65 Å². The third-order valence-electron chi connectivity index (χ3n) is 4.50. The lowest BCUT2D eigenvalue weighted by Gasteiger charge is -2.07. The van der Waals surface area contributed by atoms with Crippen molar-refractivity contribution in [2.45, 2.75) is 13.5 Å². The predicted octanol–water partition coefficient (Wildman–Crippen LogP) is 5.65. The quantitative estimate of drug-likeness (QED) is 0.453. The molecular formula is C24H18FN3O. The van der Waals surface area contributed by atoms with Gasteiger partial charge in [-0.1, -0.05) is 42.0 Å². The Morgan fingerprint density at radius 2 is 1.97 bits per heavy atom. The first-order valence-corrected chi connectivity index (χ1v) is 9.16. The second kappa shape index (κ2) is 7.99. The molecule has 29 heavy (non-hydrogen) atoms. The van der Waals surface area contributed by atoms with Crippen LogP contribution < -0.4 is 4.74 Å². The van der Waals surface area contributed by atoms with Crippen LogP contribution >= 0.6 is 0 Å². The van der Waals surface area contributed by atoms with Crippen molar-refractivity contribution in [2.75, 3.05) is 0 Å². The molecule has 0 aliphatic rings. The van der Waals surface area contributed by atoms with Crippen LogP contribution in [-0.2, 0) is 6.61 Å². The van der Waals surface area contributed by atoms with Gasteiger partial charge in [0, 0.05) is 0 Å². The van der Waals surface area contributed by atoms with Crippen LogP contribution in [-0.4, -0.2) is 9.97 Å². The van der Waals surface area contributed by atoms with E-state index in [1.165, 1.54) is 17.7 Å². The summed E-state index contributed by atoms with van der Waals surface area (Å²) >= 11 is 0. The number of nitrogens with one attached hydrogen (secondary N) is 1. The number of halogens is 1. The molecule has 0 saturated heterocycles. The van der Waals surface area contributed by atoms with Crippen LogP contribution in [0, 0.1) is 24.1 Å². The van der Waals surface area contributed by atoms with Crippen LogP contribution in [0.4, 0.5) is 4.39 Å². The van der Waals surface area contributed by atoms with Gasteiger partial charge in [0.05, 0.1) is 16.6 Å². The molecule has 1 aromatic heterocycles. The van der Waals surface area contributed by atoms with Crippen molar-refractivity contribution in [3.05, 3.63) is 95.1 Å². The summed E-state index contributed by atoms with van der Waals surface area (Å²) in [6.07, 6.45) is 1.73. The SMILES string of the molecule is Cc1cccc(COc2ccc(/C=C(/C#N)c3nc4ccc(F)cc4[nH]3)cc2)c1. The van der Waals surface area contributed by atoms with Crippen LogP contribution in [0.15, 0.2) is 66.7 Å². The number of imidazole rings is 1. The van der Waals surface area contributed by atoms with Gasteiger partial charge in [-0.25, -0.2) is 9.37 Å². The minimum absolute atomic E-state index is 0.351. The van der Waals surface area contributed by atoms with Gasteiger partial charge >= 0.3 is 0 Å². The average Bonchev–Trinajstić information content (AvgIpc) is 3.14. The molecule has 0 spiro atoms. The third kappa shape index (κ3) is 4.33. The van der Waals surface area contributed by atoms with E-state index in [2.05, 4.69) is 35.1 Å². The Hall–Kier alpha value is -3.91. The number of fused-ring (bicyclic) bond motifs is 1. The number of ether oxygens (including phenoxy) is 1. The van der Waals surface area contributed by atoms with Gasteiger partial charge in [0.25, 0.3) is 0 Å². The van der Waals surface area contributed by atoms with E-state index < -0.39 is 0 Å². The lowest BCUT2D eigenvalue weighted by Crippen LogP contribution is -1.95. The fraction of sp³-hybridized carbons (Fsp3) is 0.0833. The average molecular weight is 383 g/mol. The van der Waals surface area contributed by atoms with Crippen molar-refractivity contribution < 1.29 is 9.13 Å². The van der Waals surface area contributed by atoms with Crippen molar-refractivity contribution in [3.63, 3.8) is 0 Å². The third-order valence-corrected chi connectivity index (χ3v) is 4.50. The fourth-order valence-corrected chi connectivity index (χ4v) is 3.06. The molecule has 3 aromatic carbocycles. The molecule has 4 nitrogen and oxygen atoms in total. The zero-order chi connectivity index (χ0) is 20.2. The smallest absolute Gasteiger partial charge is 0.149 e. The Bertz CT molecular complexity index is 1230. The predicted molar refractivity (Wildman–Crippen MR) is 111 cm³/mol. The minimum Gasteiger partial charge on any atom is -0.489 e. The maximum atomic E-state index is 13.4. The highest BCUT2D eigenvalue weighted by atomic mass is 19.1. The number of nitriles is 1. The van der Waals surface area contributed by atoms with Crippen LogP contribution in [0.25, 0.3) is 22.7 Å². The van der Waals surface area contributed by atoms with Crippen molar-refractivity contribution in [1.29, 1.82) is 5.26 Å². The Balaban J connectivity index is 1.51. The molecule has 4 aromatic rings. The van der Waals surface area contributed by atoms with Gasteiger partial charge in [-0.05, 0) is 54.5 Å². The highest BCUT2D eigenvalue weighted by Crippen LogP contribution is 2.21. The number of H-pyrrole nitrogens is 1. The molecule has 0 amide bonds. The summed E-state index contributed by atoms with van der Waals surface area (Å²) in [5.41, 5.74) is 4.70. The van der Waals surface area contributed by atoms with Crippen LogP contribution in [0.2, 0.25) is 0 Å². The van der Waals surface area contributed by atoms with Crippen molar-refractivity contribution in [2.24, 2.45) is 0 Å². The highest BCUT2D eigenvalue weighted by molar-refractivity contribution is 5.90. The number of allylic oxidation sites excluding steroid dienone is 1. The molecule has 1 heterocycles. The molecule has 0 atom stereocenters. The van der Waals surface area contributed by atoms with Crippen LogP contribution in [0.5, 0.6) is 5.75 Å². The molecule has 0 fully saturated rings. The van der Waals surface area contributed by atoms with Gasteiger partial charge in [0.15, 0.2) is 0 Å². The van der Waals surface area contributed by atoms with Gasteiger partial charge in [-0.2, -0.15) is 5.26 Å². The number of rotatable bonds is 5. The lowest BCUT2D eigenvalue weighted by molar-refractivity contribution is 0.306. The van der Waals surface area contributed by atoms with E-state index in [1.54, 1.807) is 12.1 Å². The summed E-state index contributed by atoms with van der Waals surface area (Å²) in [5, 5.41) is 9.53. The van der Waals surface area contributed by atoms with Gasteiger partial charge < -0.3 is 9.72 Å². The van der Waals surface area contributed by atoms with Gasteiger partial charge in [0.2, 0.25) is 0 Å². The normalized spacial score (nSPS) is 11.4. The van der Waals surface area contributed by atoms with E-state index in [0.717, 1.165) is 16.9 Å². The number of aromatic nitrogens is 2. The van der Waals surface area contributed by atoms with E-state index in [-0.39, 0.29) is 5.82 Å². The zero-order valence-corrected chi connectivity index (χ0v) is 15.8. The first-order chi connectivity index (χ1) is 14.1. The molecule has 0 aliphatic heterocycles. The fourth-order valence-electron chi connectivity index (χ4n) is 3.06. The number of aromatic amines is 1. The largest absolute Gasteiger partial charge is 0.489 e. The van der Waals surface area contributed by atoms with Gasteiger partial charge in [-0.3, -0.25) is 0 Å². The van der Waals surface area contributed by atoms with E-state index in [1.807, 2.05) is 36.4 Å². The summed E-state index contributed by atoms with van der Waals surface area (Å²) in [7, 11) is 0. The number of aryl methyl sites for hydroxylation is 1. The van der Waals surface area contributed by atoms with Crippen molar-refractivity contribution in [1.82, 2.24) is 9.97 Å². The Morgan fingerprint density at radius 3 is 2.72 bits per heavy atom. The number of nitrogens with zero attached hydrogens (tertiary/aromatic N) is 2. The second-order valence-corrected chi connectivity index (χ2v) is 6.76.